The highest BCUT2D eigenvalue weighted by atomic mass is 32.2. The first kappa shape index (κ1) is 16.5. The van der Waals surface area contributed by atoms with E-state index in [1.807, 2.05) is 19.9 Å². The summed E-state index contributed by atoms with van der Waals surface area (Å²) in [4.78, 5) is 11.8. The summed E-state index contributed by atoms with van der Waals surface area (Å²) >= 11 is 1.52. The van der Waals surface area contributed by atoms with Crippen molar-refractivity contribution in [2.75, 3.05) is 12.3 Å². The summed E-state index contributed by atoms with van der Waals surface area (Å²) in [6.45, 7) is 4.27. The second-order valence-corrected chi connectivity index (χ2v) is 6.01. The summed E-state index contributed by atoms with van der Waals surface area (Å²) in [7, 11) is 0. The summed E-state index contributed by atoms with van der Waals surface area (Å²) in [5.41, 5.74) is 2.80. The van der Waals surface area contributed by atoms with Crippen LogP contribution >= 0.6 is 11.8 Å². The summed E-state index contributed by atoms with van der Waals surface area (Å²) in [5, 5.41) is 6.72. The number of rotatable bonds is 7. The molecule has 4 nitrogen and oxygen atoms in total. The Labute approximate surface area is 133 Å². The molecular weight excluding hydrogens is 303 g/mol. The van der Waals surface area contributed by atoms with Gasteiger partial charge < -0.3 is 9.84 Å². The number of carbonyl (C=O) groups excluding carboxylic acids is 1. The van der Waals surface area contributed by atoms with Crippen molar-refractivity contribution in [3.05, 3.63) is 52.7 Å². The lowest BCUT2D eigenvalue weighted by Crippen LogP contribution is -2.27. The summed E-state index contributed by atoms with van der Waals surface area (Å²) in [6.07, 6.45) is 0.623. The predicted molar refractivity (Wildman–Crippen MR) is 85.3 cm³/mol. The molecule has 118 valence electrons. The molecular formula is C16H19FN2O2S. The lowest BCUT2D eigenvalue weighted by atomic mass is 10.1. The van der Waals surface area contributed by atoms with E-state index < -0.39 is 0 Å². The summed E-state index contributed by atoms with van der Waals surface area (Å²) in [5.74, 6) is 1.62. The zero-order chi connectivity index (χ0) is 15.9. The molecule has 1 aromatic heterocycles. The minimum atomic E-state index is -0.251. The first-order valence-electron chi connectivity index (χ1n) is 7.07. The lowest BCUT2D eigenvalue weighted by Gasteiger charge is -2.05. The molecule has 0 aliphatic carbocycles. The molecule has 0 radical (unpaired) electrons. The second-order valence-electron chi connectivity index (χ2n) is 5.03. The Morgan fingerprint density at radius 2 is 2.23 bits per heavy atom. The largest absolute Gasteiger partial charge is 0.361 e. The molecule has 0 saturated heterocycles. The Bertz CT molecular complexity index is 623. The van der Waals surface area contributed by atoms with E-state index in [0.29, 0.717) is 24.5 Å². The number of nitrogens with one attached hydrogen (secondary N) is 1. The molecule has 0 atom stereocenters. The predicted octanol–water partition coefficient (Wildman–Crippen LogP) is 3.02. The maximum absolute atomic E-state index is 13.0. The topological polar surface area (TPSA) is 55.1 Å². The van der Waals surface area contributed by atoms with Crippen LogP contribution < -0.4 is 5.32 Å². The highest BCUT2D eigenvalue weighted by Gasteiger charge is 2.10. The van der Waals surface area contributed by atoms with Crippen molar-refractivity contribution >= 4 is 17.7 Å². The van der Waals surface area contributed by atoms with Gasteiger partial charge in [0.05, 0.1) is 11.4 Å². The standard InChI is InChI=1S/C16H19FN2O2S/c1-11-15(12(2)21-19-11)9-22-10-16(20)18-7-6-13-4-3-5-14(17)8-13/h3-5,8H,6-7,9-10H2,1-2H3,(H,18,20). The molecule has 0 bridgehead atoms. The van der Waals surface area contributed by atoms with Crippen LogP contribution in [0.4, 0.5) is 4.39 Å². The van der Waals surface area contributed by atoms with E-state index in [0.717, 1.165) is 22.6 Å². The van der Waals surface area contributed by atoms with Crippen LogP contribution in [-0.2, 0) is 17.0 Å². The fraction of sp³-hybridized carbons (Fsp3) is 0.375. The van der Waals surface area contributed by atoms with Crippen molar-refractivity contribution < 1.29 is 13.7 Å². The monoisotopic (exact) mass is 322 g/mol. The van der Waals surface area contributed by atoms with E-state index >= 15 is 0 Å². The van der Waals surface area contributed by atoms with Crippen molar-refractivity contribution in [3.8, 4) is 0 Å². The molecule has 1 amide bonds. The minimum absolute atomic E-state index is 0.0202. The molecule has 1 N–H and O–H groups in total. The molecule has 0 aliphatic rings. The summed E-state index contributed by atoms with van der Waals surface area (Å²) < 4.78 is 18.1. The first-order valence-corrected chi connectivity index (χ1v) is 8.22. The Morgan fingerprint density at radius 3 is 2.91 bits per heavy atom. The highest BCUT2D eigenvalue weighted by Crippen LogP contribution is 2.19. The Kier molecular flexibility index (Phi) is 6.00. The molecule has 1 aromatic carbocycles. The van der Waals surface area contributed by atoms with Gasteiger partial charge in [-0.15, -0.1) is 11.8 Å². The van der Waals surface area contributed by atoms with Gasteiger partial charge in [0.15, 0.2) is 0 Å². The van der Waals surface area contributed by atoms with Crippen LogP contribution in [0.25, 0.3) is 0 Å². The maximum Gasteiger partial charge on any atom is 0.230 e. The fourth-order valence-corrected chi connectivity index (χ4v) is 3.05. The molecule has 0 fully saturated rings. The zero-order valence-electron chi connectivity index (χ0n) is 12.7. The molecule has 6 heteroatoms. The van der Waals surface area contributed by atoms with Crippen molar-refractivity contribution in [1.82, 2.24) is 10.5 Å². The molecule has 0 unspecified atom stereocenters. The third-order valence-electron chi connectivity index (χ3n) is 3.29. The van der Waals surface area contributed by atoms with Gasteiger partial charge in [-0.2, -0.15) is 0 Å². The lowest BCUT2D eigenvalue weighted by molar-refractivity contribution is -0.118. The van der Waals surface area contributed by atoms with Crippen LogP contribution in [0.15, 0.2) is 28.8 Å². The van der Waals surface area contributed by atoms with Crippen LogP contribution in [0, 0.1) is 19.7 Å². The van der Waals surface area contributed by atoms with Gasteiger partial charge in [-0.3, -0.25) is 4.79 Å². The van der Waals surface area contributed by atoms with Gasteiger partial charge in [0.1, 0.15) is 11.6 Å². The normalized spacial score (nSPS) is 10.7. The average Bonchev–Trinajstić information content (AvgIpc) is 2.79. The van der Waals surface area contributed by atoms with Crippen molar-refractivity contribution in [2.24, 2.45) is 0 Å². The van der Waals surface area contributed by atoms with E-state index in [4.69, 9.17) is 4.52 Å². The van der Waals surface area contributed by atoms with E-state index in [1.165, 1.54) is 23.9 Å². The molecule has 0 aliphatic heterocycles. The number of halogens is 1. The molecule has 22 heavy (non-hydrogen) atoms. The smallest absolute Gasteiger partial charge is 0.230 e. The van der Waals surface area contributed by atoms with E-state index in [2.05, 4.69) is 10.5 Å². The van der Waals surface area contributed by atoms with Gasteiger partial charge >= 0.3 is 0 Å². The van der Waals surface area contributed by atoms with Crippen LogP contribution in [0.1, 0.15) is 22.6 Å². The van der Waals surface area contributed by atoms with Gasteiger partial charge in [0.2, 0.25) is 5.91 Å². The van der Waals surface area contributed by atoms with Crippen molar-refractivity contribution in [1.29, 1.82) is 0 Å². The molecule has 0 saturated carbocycles. The van der Waals surface area contributed by atoms with E-state index in [9.17, 15) is 9.18 Å². The number of aryl methyl sites for hydroxylation is 2. The Balaban J connectivity index is 1.66. The number of thioether (sulfide) groups is 1. The zero-order valence-corrected chi connectivity index (χ0v) is 13.5. The third-order valence-corrected chi connectivity index (χ3v) is 4.24. The van der Waals surface area contributed by atoms with Gasteiger partial charge in [-0.25, -0.2) is 4.39 Å². The number of hydrogen-bond donors (Lipinski definition) is 1. The SMILES string of the molecule is Cc1noc(C)c1CSCC(=O)NCCc1cccc(F)c1. The van der Waals surface area contributed by atoms with E-state index in [1.54, 1.807) is 6.07 Å². The van der Waals surface area contributed by atoms with Gasteiger partial charge in [-0.05, 0) is 38.0 Å². The van der Waals surface area contributed by atoms with Crippen molar-refractivity contribution in [3.63, 3.8) is 0 Å². The first-order chi connectivity index (χ1) is 10.6. The quantitative estimate of drug-likeness (QED) is 0.851. The third kappa shape index (κ3) is 4.87. The van der Waals surface area contributed by atoms with Crippen LogP contribution in [0.2, 0.25) is 0 Å². The van der Waals surface area contributed by atoms with Gasteiger partial charge in [0, 0.05) is 17.9 Å². The van der Waals surface area contributed by atoms with Gasteiger partial charge in [-0.1, -0.05) is 17.3 Å². The van der Waals surface area contributed by atoms with Crippen LogP contribution in [0.5, 0.6) is 0 Å². The Hall–Kier alpha value is -1.82. The molecule has 2 aromatic rings. The second kappa shape index (κ2) is 7.98. The molecule has 0 spiro atoms. The minimum Gasteiger partial charge on any atom is -0.361 e. The van der Waals surface area contributed by atoms with Crippen LogP contribution in [-0.4, -0.2) is 23.4 Å². The van der Waals surface area contributed by atoms with Gasteiger partial charge in [0.25, 0.3) is 0 Å². The maximum atomic E-state index is 13.0. The highest BCUT2D eigenvalue weighted by molar-refractivity contribution is 7.99. The fourth-order valence-electron chi connectivity index (χ4n) is 2.04. The molecule has 1 heterocycles. The number of hydrogen-bond acceptors (Lipinski definition) is 4. The molecule has 2 rings (SSSR count). The summed E-state index contributed by atoms with van der Waals surface area (Å²) in [6, 6.07) is 6.42. The Morgan fingerprint density at radius 1 is 1.41 bits per heavy atom. The van der Waals surface area contributed by atoms with E-state index in [-0.39, 0.29) is 11.7 Å². The number of nitrogens with zero attached hydrogens (tertiary/aromatic N) is 1. The average molecular weight is 322 g/mol. The number of amides is 1. The number of carbonyl (C=O) groups is 1. The van der Waals surface area contributed by atoms with Crippen LogP contribution in [0.3, 0.4) is 0 Å². The number of benzene rings is 1. The number of aromatic nitrogens is 1. The van der Waals surface area contributed by atoms with Crippen molar-refractivity contribution in [2.45, 2.75) is 26.0 Å².